The standard InChI is InChI=1S/2C21H17N7O2/c1-12(13-5-3-2-4-6-13)24-20-22-8-7-18(26-20)28-11-23-16-10-15-14(9-17(16)28)19(29)27-21(30)25-15;1-12(13-5-3-2-4-6-13)24-20-22-8-7-18(26-20)28-11-23-16-9-14-15(10-17(16)28)25-21(30)27-19(14)29/h2*2-12H,1H3,(H,22,24,26)(H2,25,27,29,30)/t2*12-/m00/s1. The van der Waals surface area contributed by atoms with Gasteiger partial charge in [-0.25, -0.2) is 29.5 Å². The van der Waals surface area contributed by atoms with Gasteiger partial charge in [-0.05, 0) is 61.4 Å². The van der Waals surface area contributed by atoms with E-state index in [9.17, 15) is 19.2 Å². The Morgan fingerprint density at radius 2 is 0.967 bits per heavy atom. The van der Waals surface area contributed by atoms with Gasteiger partial charge < -0.3 is 20.6 Å². The van der Waals surface area contributed by atoms with Gasteiger partial charge in [0.15, 0.2) is 0 Å². The molecule has 0 spiro atoms. The Hall–Kier alpha value is -8.54. The number of hydrogen-bond donors (Lipinski definition) is 6. The Labute approximate surface area is 337 Å². The Morgan fingerprint density at radius 3 is 1.48 bits per heavy atom. The highest BCUT2D eigenvalue weighted by Gasteiger charge is 2.14. The molecule has 0 unspecified atom stereocenters. The zero-order valence-corrected chi connectivity index (χ0v) is 31.9. The highest BCUT2D eigenvalue weighted by Crippen LogP contribution is 2.24. The predicted molar refractivity (Wildman–Crippen MR) is 228 cm³/mol. The number of hydrogen-bond acceptors (Lipinski definition) is 12. The summed E-state index contributed by atoms with van der Waals surface area (Å²) >= 11 is 0. The number of aromatic nitrogens is 12. The van der Waals surface area contributed by atoms with Gasteiger partial charge in [-0.3, -0.25) is 28.7 Å². The zero-order chi connectivity index (χ0) is 41.3. The molecule has 0 amide bonds. The fourth-order valence-corrected chi connectivity index (χ4v) is 6.85. The molecule has 6 N–H and O–H groups in total. The molecule has 4 aromatic carbocycles. The van der Waals surface area contributed by atoms with Crippen molar-refractivity contribution in [2.45, 2.75) is 25.9 Å². The molecule has 18 heteroatoms. The van der Waals surface area contributed by atoms with Crippen LogP contribution < -0.4 is 33.1 Å². The quantitative estimate of drug-likeness (QED) is 0.119. The zero-order valence-electron chi connectivity index (χ0n) is 31.9. The van der Waals surface area contributed by atoms with Crippen molar-refractivity contribution in [3.8, 4) is 11.6 Å². The van der Waals surface area contributed by atoms with Crippen LogP contribution in [0.1, 0.15) is 37.1 Å². The normalized spacial score (nSPS) is 12.3. The maximum absolute atomic E-state index is 12.2. The van der Waals surface area contributed by atoms with E-state index in [4.69, 9.17) is 0 Å². The Kier molecular flexibility index (Phi) is 9.53. The number of aromatic amines is 4. The maximum atomic E-state index is 12.2. The van der Waals surface area contributed by atoms with Crippen LogP contribution in [0.3, 0.4) is 0 Å². The van der Waals surface area contributed by atoms with E-state index < -0.39 is 22.5 Å². The fraction of sp³-hybridized carbons (Fsp3) is 0.0952. The summed E-state index contributed by atoms with van der Waals surface area (Å²) < 4.78 is 3.56. The van der Waals surface area contributed by atoms with Gasteiger partial charge in [0.25, 0.3) is 11.1 Å². The van der Waals surface area contributed by atoms with Gasteiger partial charge in [0, 0.05) is 12.4 Å². The smallest absolute Gasteiger partial charge is 0.326 e. The van der Waals surface area contributed by atoms with Crippen LogP contribution in [0, 0.1) is 0 Å². The van der Waals surface area contributed by atoms with E-state index >= 15 is 0 Å². The molecule has 0 saturated heterocycles. The van der Waals surface area contributed by atoms with Crippen LogP contribution in [0.4, 0.5) is 11.9 Å². The van der Waals surface area contributed by atoms with E-state index in [0.29, 0.717) is 67.4 Å². The van der Waals surface area contributed by atoms with Crippen molar-refractivity contribution >= 4 is 55.8 Å². The Bertz CT molecular complexity index is 3430. The van der Waals surface area contributed by atoms with Gasteiger partial charge >= 0.3 is 11.4 Å². The van der Waals surface area contributed by atoms with Crippen molar-refractivity contribution in [1.29, 1.82) is 0 Å². The third-order valence-electron chi connectivity index (χ3n) is 9.88. The van der Waals surface area contributed by atoms with E-state index in [-0.39, 0.29) is 12.1 Å². The van der Waals surface area contributed by atoms with Crippen LogP contribution in [0.5, 0.6) is 0 Å². The van der Waals surface area contributed by atoms with Crippen molar-refractivity contribution in [2.75, 3.05) is 10.6 Å². The summed E-state index contributed by atoms with van der Waals surface area (Å²) in [4.78, 5) is 83.8. The third-order valence-corrected chi connectivity index (χ3v) is 9.88. The minimum atomic E-state index is -0.554. The lowest BCUT2D eigenvalue weighted by atomic mass is 10.1. The van der Waals surface area contributed by atoms with Crippen LogP contribution in [0.2, 0.25) is 0 Å². The van der Waals surface area contributed by atoms with Crippen LogP contribution in [0.15, 0.2) is 141 Å². The summed E-state index contributed by atoms with van der Waals surface area (Å²) in [6.45, 7) is 4.08. The summed E-state index contributed by atoms with van der Waals surface area (Å²) in [5, 5.41) is 7.35. The van der Waals surface area contributed by atoms with Gasteiger partial charge in [0.2, 0.25) is 11.9 Å². The summed E-state index contributed by atoms with van der Waals surface area (Å²) in [5.74, 6) is 2.18. The van der Waals surface area contributed by atoms with E-state index in [1.165, 1.54) is 0 Å². The second-order valence-corrected chi connectivity index (χ2v) is 13.8. The molecule has 296 valence electrons. The second kappa shape index (κ2) is 15.4. The number of benzene rings is 4. The van der Waals surface area contributed by atoms with E-state index in [0.717, 1.165) is 11.1 Å². The first-order chi connectivity index (χ1) is 29.2. The van der Waals surface area contributed by atoms with Crippen LogP contribution in [0.25, 0.3) is 55.5 Å². The lowest BCUT2D eigenvalue weighted by Gasteiger charge is -2.14. The molecule has 0 aliphatic carbocycles. The van der Waals surface area contributed by atoms with Crippen molar-refractivity contribution < 1.29 is 0 Å². The van der Waals surface area contributed by atoms with E-state index in [2.05, 4.69) is 60.5 Å². The van der Waals surface area contributed by atoms with E-state index in [1.807, 2.05) is 74.5 Å². The van der Waals surface area contributed by atoms with Gasteiger partial charge in [-0.2, -0.15) is 9.97 Å². The van der Waals surface area contributed by atoms with Gasteiger partial charge in [-0.15, -0.1) is 0 Å². The predicted octanol–water partition coefficient (Wildman–Crippen LogP) is 5.04. The SMILES string of the molecule is C[C@H](Nc1nccc(-n2cnc3cc4[nH]c(=O)[nH]c(=O)c4cc32)n1)c1ccccc1.C[C@H](Nc1nccc(-n2cnc3cc4c(=O)[nH]c(=O)[nH]c4cc32)n1)c1ccccc1. The largest absolute Gasteiger partial charge is 0.348 e. The number of nitrogens with zero attached hydrogens (tertiary/aromatic N) is 8. The average Bonchev–Trinajstić information content (AvgIpc) is 3.87. The molecule has 0 aliphatic rings. The highest BCUT2D eigenvalue weighted by molar-refractivity contribution is 5.94. The molecule has 0 aliphatic heterocycles. The minimum absolute atomic E-state index is 0.0281. The molecule has 6 aromatic heterocycles. The number of nitrogens with one attached hydrogen (secondary N) is 6. The van der Waals surface area contributed by atoms with Gasteiger partial charge in [0.05, 0.1) is 56.0 Å². The Balaban J connectivity index is 0.000000154. The van der Waals surface area contributed by atoms with Crippen molar-refractivity contribution in [1.82, 2.24) is 59.0 Å². The average molecular weight is 799 g/mol. The Morgan fingerprint density at radius 1 is 0.517 bits per heavy atom. The van der Waals surface area contributed by atoms with E-state index in [1.54, 1.807) is 70.6 Å². The van der Waals surface area contributed by atoms with Crippen LogP contribution in [-0.2, 0) is 0 Å². The number of H-pyrrole nitrogens is 4. The molecular formula is C42H34N14O4. The molecule has 2 atom stereocenters. The summed E-state index contributed by atoms with van der Waals surface area (Å²) in [7, 11) is 0. The van der Waals surface area contributed by atoms with Crippen molar-refractivity contribution in [3.63, 3.8) is 0 Å². The first kappa shape index (κ1) is 37.1. The molecule has 6 heterocycles. The lowest BCUT2D eigenvalue weighted by molar-refractivity contribution is 0.854. The number of imidazole rings is 2. The minimum Gasteiger partial charge on any atom is -0.348 e. The molecular weight excluding hydrogens is 765 g/mol. The first-order valence-electron chi connectivity index (χ1n) is 18.7. The third kappa shape index (κ3) is 7.38. The summed E-state index contributed by atoms with van der Waals surface area (Å²) in [5.41, 5.74) is 3.77. The molecule has 0 bridgehead atoms. The van der Waals surface area contributed by atoms with Crippen molar-refractivity contribution in [2.24, 2.45) is 0 Å². The van der Waals surface area contributed by atoms with Gasteiger partial charge in [0.1, 0.15) is 24.3 Å². The first-order valence-corrected chi connectivity index (χ1v) is 18.7. The summed E-state index contributed by atoms with van der Waals surface area (Å²) in [6, 6.07) is 30.4. The van der Waals surface area contributed by atoms with Crippen LogP contribution in [-0.4, -0.2) is 59.0 Å². The second-order valence-electron chi connectivity index (χ2n) is 13.8. The number of anilines is 2. The fourth-order valence-electron chi connectivity index (χ4n) is 6.85. The van der Waals surface area contributed by atoms with Crippen LogP contribution >= 0.6 is 0 Å². The highest BCUT2D eigenvalue weighted by atomic mass is 16.2. The monoisotopic (exact) mass is 798 g/mol. The lowest BCUT2D eigenvalue weighted by Crippen LogP contribution is -2.21. The molecule has 0 radical (unpaired) electrons. The summed E-state index contributed by atoms with van der Waals surface area (Å²) in [6.07, 6.45) is 6.59. The maximum Gasteiger partial charge on any atom is 0.326 e. The molecule has 10 rings (SSSR count). The molecule has 0 saturated carbocycles. The topological polar surface area (TPSA) is 243 Å². The molecule has 60 heavy (non-hydrogen) atoms. The number of fused-ring (bicyclic) bond motifs is 4. The molecule has 18 nitrogen and oxygen atoms in total. The van der Waals surface area contributed by atoms with Gasteiger partial charge in [-0.1, -0.05) is 60.7 Å². The number of rotatable bonds is 8. The van der Waals surface area contributed by atoms with Crippen molar-refractivity contribution in [3.05, 3.63) is 175 Å². The molecule has 0 fully saturated rings. The molecule has 10 aromatic rings.